The highest BCUT2D eigenvalue weighted by Gasteiger charge is 2.27. The molecule has 1 nitrogen and oxygen atoms in total. The van der Waals surface area contributed by atoms with Crippen molar-refractivity contribution in [2.24, 2.45) is 11.8 Å². The topological polar surface area (TPSA) is 12.0 Å². The normalized spacial score (nSPS) is 24.3. The van der Waals surface area contributed by atoms with Crippen molar-refractivity contribution in [1.82, 2.24) is 0 Å². The van der Waals surface area contributed by atoms with Crippen molar-refractivity contribution in [3.8, 4) is 0 Å². The predicted molar refractivity (Wildman–Crippen MR) is 78.3 cm³/mol. The Bertz CT molecular complexity index is 405. The van der Waals surface area contributed by atoms with Crippen molar-refractivity contribution in [3.63, 3.8) is 0 Å². The van der Waals surface area contributed by atoms with Crippen molar-refractivity contribution in [2.45, 2.75) is 45.6 Å². The molecule has 0 saturated heterocycles. The van der Waals surface area contributed by atoms with Gasteiger partial charge in [-0.15, -0.1) is 0 Å². The van der Waals surface area contributed by atoms with Crippen LogP contribution in [0.4, 0.5) is 10.1 Å². The van der Waals surface area contributed by atoms with Gasteiger partial charge in [0.05, 0.1) is 5.69 Å². The van der Waals surface area contributed by atoms with Gasteiger partial charge in [0.15, 0.2) is 0 Å². The first-order valence-electron chi connectivity index (χ1n) is 6.79. The third-order valence-corrected chi connectivity index (χ3v) is 4.44. The lowest BCUT2D eigenvalue weighted by Gasteiger charge is -2.35. The van der Waals surface area contributed by atoms with E-state index in [4.69, 9.17) is 0 Å². The first kappa shape index (κ1) is 13.9. The highest BCUT2D eigenvalue weighted by molar-refractivity contribution is 9.10. The van der Waals surface area contributed by atoms with Crippen LogP contribution < -0.4 is 5.32 Å². The SMILES string of the molecule is CC(C)C1CCCCC1Nc1ccc(Br)cc1F. The van der Waals surface area contributed by atoms with E-state index in [-0.39, 0.29) is 5.82 Å². The minimum Gasteiger partial charge on any atom is -0.380 e. The van der Waals surface area contributed by atoms with Crippen LogP contribution >= 0.6 is 15.9 Å². The fourth-order valence-corrected chi connectivity index (χ4v) is 3.28. The van der Waals surface area contributed by atoms with E-state index in [9.17, 15) is 4.39 Å². The van der Waals surface area contributed by atoms with E-state index in [1.165, 1.54) is 25.3 Å². The molecule has 1 aliphatic carbocycles. The van der Waals surface area contributed by atoms with Gasteiger partial charge in [0.1, 0.15) is 5.82 Å². The van der Waals surface area contributed by atoms with E-state index in [1.807, 2.05) is 12.1 Å². The Morgan fingerprint density at radius 1 is 1.28 bits per heavy atom. The van der Waals surface area contributed by atoms with Crippen LogP contribution in [-0.4, -0.2) is 6.04 Å². The number of halogens is 2. The summed E-state index contributed by atoms with van der Waals surface area (Å²) in [6, 6.07) is 5.65. The van der Waals surface area contributed by atoms with Crippen molar-refractivity contribution >= 4 is 21.6 Å². The van der Waals surface area contributed by atoms with Gasteiger partial charge in [0.2, 0.25) is 0 Å². The standard InChI is InChI=1S/C15H21BrFN/c1-10(2)12-5-3-4-6-14(12)18-15-8-7-11(16)9-13(15)17/h7-10,12,14,18H,3-6H2,1-2H3. The number of nitrogens with one attached hydrogen (secondary N) is 1. The highest BCUT2D eigenvalue weighted by atomic mass is 79.9. The quantitative estimate of drug-likeness (QED) is 0.807. The second-order valence-electron chi connectivity index (χ2n) is 5.57. The van der Waals surface area contributed by atoms with Crippen molar-refractivity contribution in [1.29, 1.82) is 0 Å². The highest BCUT2D eigenvalue weighted by Crippen LogP contribution is 2.33. The Morgan fingerprint density at radius 3 is 2.67 bits per heavy atom. The summed E-state index contributed by atoms with van der Waals surface area (Å²) in [5, 5.41) is 3.41. The minimum atomic E-state index is -0.169. The Morgan fingerprint density at radius 2 is 2.00 bits per heavy atom. The molecule has 18 heavy (non-hydrogen) atoms. The molecule has 1 fully saturated rings. The second-order valence-corrected chi connectivity index (χ2v) is 6.48. The first-order valence-corrected chi connectivity index (χ1v) is 7.59. The molecule has 2 atom stereocenters. The van der Waals surface area contributed by atoms with Gasteiger partial charge in [-0.1, -0.05) is 42.6 Å². The lowest BCUT2D eigenvalue weighted by molar-refractivity contribution is 0.253. The molecule has 0 aromatic heterocycles. The number of benzene rings is 1. The van der Waals surface area contributed by atoms with Crippen LogP contribution in [0.15, 0.2) is 22.7 Å². The summed E-state index contributed by atoms with van der Waals surface area (Å²) < 4.78 is 14.6. The van der Waals surface area contributed by atoms with Gasteiger partial charge in [-0.25, -0.2) is 4.39 Å². The molecule has 1 N–H and O–H groups in total. The number of hydrogen-bond donors (Lipinski definition) is 1. The zero-order valence-electron chi connectivity index (χ0n) is 11.0. The van der Waals surface area contributed by atoms with Crippen molar-refractivity contribution in [2.75, 3.05) is 5.32 Å². The summed E-state index contributed by atoms with van der Waals surface area (Å²) in [6.45, 7) is 4.53. The van der Waals surface area contributed by atoms with Crippen LogP contribution in [0.25, 0.3) is 0 Å². The molecule has 0 radical (unpaired) electrons. The van der Waals surface area contributed by atoms with Gasteiger partial charge >= 0.3 is 0 Å². The van der Waals surface area contributed by atoms with Crippen LogP contribution in [0.2, 0.25) is 0 Å². The van der Waals surface area contributed by atoms with Crippen LogP contribution in [0.3, 0.4) is 0 Å². The maximum Gasteiger partial charge on any atom is 0.147 e. The van der Waals surface area contributed by atoms with E-state index in [2.05, 4.69) is 35.1 Å². The second kappa shape index (κ2) is 6.05. The summed E-state index contributed by atoms with van der Waals surface area (Å²) in [6.07, 6.45) is 4.97. The maximum atomic E-state index is 13.8. The van der Waals surface area contributed by atoms with Crippen molar-refractivity contribution < 1.29 is 4.39 Å². The molecule has 0 aliphatic heterocycles. The minimum absolute atomic E-state index is 0.169. The van der Waals surface area contributed by atoms with Gasteiger partial charge in [-0.2, -0.15) is 0 Å². The first-order chi connectivity index (χ1) is 8.58. The average molecular weight is 314 g/mol. The third kappa shape index (κ3) is 3.25. The summed E-state index contributed by atoms with van der Waals surface area (Å²) in [5.41, 5.74) is 0.635. The fourth-order valence-electron chi connectivity index (χ4n) is 2.94. The van der Waals surface area contributed by atoms with E-state index in [0.717, 1.165) is 10.9 Å². The molecule has 1 aliphatic rings. The fraction of sp³-hybridized carbons (Fsp3) is 0.600. The van der Waals surface area contributed by atoms with E-state index < -0.39 is 0 Å². The van der Waals surface area contributed by atoms with E-state index >= 15 is 0 Å². The molecular weight excluding hydrogens is 293 g/mol. The average Bonchev–Trinajstić information content (AvgIpc) is 2.33. The molecule has 100 valence electrons. The van der Waals surface area contributed by atoms with Crippen LogP contribution in [-0.2, 0) is 0 Å². The van der Waals surface area contributed by atoms with Crippen LogP contribution in [0, 0.1) is 17.7 Å². The Kier molecular flexibility index (Phi) is 4.66. The van der Waals surface area contributed by atoms with E-state index in [0.29, 0.717) is 23.6 Å². The van der Waals surface area contributed by atoms with Crippen LogP contribution in [0.1, 0.15) is 39.5 Å². The monoisotopic (exact) mass is 313 g/mol. The predicted octanol–water partition coefficient (Wildman–Crippen LogP) is 5.21. The maximum absolute atomic E-state index is 13.8. The van der Waals surface area contributed by atoms with Crippen LogP contribution in [0.5, 0.6) is 0 Å². The number of anilines is 1. The largest absolute Gasteiger partial charge is 0.380 e. The Hall–Kier alpha value is -0.570. The molecular formula is C15H21BrFN. The zero-order valence-corrected chi connectivity index (χ0v) is 12.6. The van der Waals surface area contributed by atoms with Gasteiger partial charge in [-0.05, 0) is 42.9 Å². The molecule has 0 amide bonds. The third-order valence-electron chi connectivity index (χ3n) is 3.95. The lowest BCUT2D eigenvalue weighted by atomic mass is 9.78. The molecule has 1 aromatic carbocycles. The lowest BCUT2D eigenvalue weighted by Crippen LogP contribution is -2.35. The molecule has 2 rings (SSSR count). The molecule has 0 spiro atoms. The summed E-state index contributed by atoms with van der Waals surface area (Å²) in [5.74, 6) is 1.14. The van der Waals surface area contributed by atoms with Crippen molar-refractivity contribution in [3.05, 3.63) is 28.5 Å². The van der Waals surface area contributed by atoms with Gasteiger partial charge in [-0.3, -0.25) is 0 Å². The molecule has 0 bridgehead atoms. The van der Waals surface area contributed by atoms with Gasteiger partial charge in [0, 0.05) is 10.5 Å². The molecule has 1 saturated carbocycles. The smallest absolute Gasteiger partial charge is 0.147 e. The molecule has 0 heterocycles. The van der Waals surface area contributed by atoms with Gasteiger partial charge in [0.25, 0.3) is 0 Å². The number of hydrogen-bond acceptors (Lipinski definition) is 1. The zero-order chi connectivity index (χ0) is 13.1. The summed E-state index contributed by atoms with van der Waals surface area (Å²) in [4.78, 5) is 0. The molecule has 1 aromatic rings. The van der Waals surface area contributed by atoms with Gasteiger partial charge < -0.3 is 5.32 Å². The van der Waals surface area contributed by atoms with E-state index in [1.54, 1.807) is 0 Å². The summed E-state index contributed by atoms with van der Waals surface area (Å²) in [7, 11) is 0. The Balaban J connectivity index is 2.11. The summed E-state index contributed by atoms with van der Waals surface area (Å²) >= 11 is 3.29. The molecule has 3 heteroatoms. The Labute approximate surface area is 117 Å². The molecule has 2 unspecified atom stereocenters. The number of rotatable bonds is 3.